The van der Waals surface area contributed by atoms with Crippen molar-refractivity contribution in [1.82, 2.24) is 9.88 Å². The Bertz CT molecular complexity index is 671. The molecule has 1 aromatic heterocycles. The summed E-state index contributed by atoms with van der Waals surface area (Å²) in [7, 11) is 1.62. The zero-order chi connectivity index (χ0) is 17.0. The second kappa shape index (κ2) is 7.47. The third-order valence-corrected chi connectivity index (χ3v) is 3.82. The van der Waals surface area contributed by atoms with Crippen molar-refractivity contribution < 1.29 is 18.7 Å². The molecule has 0 spiro atoms. The molecule has 0 aliphatic heterocycles. The summed E-state index contributed by atoms with van der Waals surface area (Å²) in [6, 6.07) is 3.06. The van der Waals surface area contributed by atoms with Gasteiger partial charge in [-0.05, 0) is 25.5 Å². The highest BCUT2D eigenvalue weighted by atomic mass is 32.1. The molecule has 1 atom stereocenters. The van der Waals surface area contributed by atoms with E-state index in [1.807, 2.05) is 0 Å². The summed E-state index contributed by atoms with van der Waals surface area (Å²) in [6.45, 7) is 2.06. The number of halogens is 2. The van der Waals surface area contributed by atoms with Crippen LogP contribution in [-0.4, -0.2) is 40.6 Å². The fourth-order valence-electron chi connectivity index (χ4n) is 1.86. The van der Waals surface area contributed by atoms with Crippen molar-refractivity contribution in [2.45, 2.75) is 19.4 Å². The van der Waals surface area contributed by atoms with Crippen LogP contribution in [-0.2, 0) is 0 Å². The number of rotatable bonds is 6. The van der Waals surface area contributed by atoms with Crippen LogP contribution >= 0.6 is 11.3 Å². The number of aromatic nitrogens is 1. The fraction of sp³-hybridized carbons (Fsp3) is 0.333. The number of benzene rings is 1. The average Bonchev–Trinajstić information content (AvgIpc) is 2.91. The first-order valence-corrected chi connectivity index (χ1v) is 7.85. The molecule has 1 unspecified atom stereocenters. The van der Waals surface area contributed by atoms with Crippen LogP contribution in [0.15, 0.2) is 23.6 Å². The summed E-state index contributed by atoms with van der Waals surface area (Å²) in [4.78, 5) is 17.8. The van der Waals surface area contributed by atoms with Crippen molar-refractivity contribution in [1.29, 1.82) is 0 Å². The van der Waals surface area contributed by atoms with E-state index in [-0.39, 0.29) is 17.3 Å². The maximum Gasteiger partial charge on any atom is 0.273 e. The van der Waals surface area contributed by atoms with E-state index >= 15 is 0 Å². The van der Waals surface area contributed by atoms with Crippen LogP contribution in [0.3, 0.4) is 0 Å². The van der Waals surface area contributed by atoms with E-state index < -0.39 is 17.7 Å². The topological polar surface area (TPSA) is 65.5 Å². The van der Waals surface area contributed by atoms with E-state index in [2.05, 4.69) is 10.3 Å². The minimum absolute atomic E-state index is 0.221. The molecule has 0 aliphatic rings. The number of nitrogens with one attached hydrogen (secondary N) is 1. The molecular formula is C15H17F2N3O2S. The predicted octanol–water partition coefficient (Wildman–Crippen LogP) is 3.01. The van der Waals surface area contributed by atoms with Crippen molar-refractivity contribution in [3.63, 3.8) is 0 Å². The van der Waals surface area contributed by atoms with Crippen LogP contribution in [0.4, 0.5) is 19.6 Å². The number of hydrogen-bond acceptors (Lipinski definition) is 5. The van der Waals surface area contributed by atoms with Crippen LogP contribution in [0, 0.1) is 11.6 Å². The molecule has 8 heteroatoms. The number of aliphatic hydroxyl groups is 1. The highest BCUT2D eigenvalue weighted by Crippen LogP contribution is 2.23. The van der Waals surface area contributed by atoms with Crippen molar-refractivity contribution in [2.24, 2.45) is 0 Å². The Kier molecular flexibility index (Phi) is 5.62. The quantitative estimate of drug-likeness (QED) is 0.848. The maximum absolute atomic E-state index is 13.1. The second-order valence-electron chi connectivity index (χ2n) is 5.19. The van der Waals surface area contributed by atoms with Gasteiger partial charge in [0.15, 0.2) is 5.13 Å². The summed E-state index contributed by atoms with van der Waals surface area (Å²) < 4.78 is 26.3. The van der Waals surface area contributed by atoms with E-state index in [0.717, 1.165) is 29.5 Å². The van der Waals surface area contributed by atoms with Crippen LogP contribution in [0.1, 0.15) is 23.8 Å². The zero-order valence-electron chi connectivity index (χ0n) is 12.7. The van der Waals surface area contributed by atoms with Gasteiger partial charge in [-0.1, -0.05) is 0 Å². The van der Waals surface area contributed by atoms with Gasteiger partial charge in [-0.25, -0.2) is 13.8 Å². The molecule has 0 aliphatic carbocycles. The van der Waals surface area contributed by atoms with Gasteiger partial charge in [0.1, 0.15) is 17.3 Å². The largest absolute Gasteiger partial charge is 0.393 e. The lowest BCUT2D eigenvalue weighted by atomic mass is 10.2. The van der Waals surface area contributed by atoms with Crippen molar-refractivity contribution in [3.8, 4) is 0 Å². The molecular weight excluding hydrogens is 324 g/mol. The molecule has 2 N–H and O–H groups in total. The van der Waals surface area contributed by atoms with Crippen LogP contribution in [0.25, 0.3) is 0 Å². The highest BCUT2D eigenvalue weighted by Gasteiger charge is 2.16. The Hall–Kier alpha value is -2.06. The Morgan fingerprint density at radius 3 is 2.65 bits per heavy atom. The first-order valence-electron chi connectivity index (χ1n) is 6.97. The summed E-state index contributed by atoms with van der Waals surface area (Å²) in [5.41, 5.74) is 0.459. The minimum atomic E-state index is -0.696. The van der Waals surface area contributed by atoms with Crippen molar-refractivity contribution in [2.75, 3.05) is 18.9 Å². The third-order valence-electron chi connectivity index (χ3n) is 3.07. The highest BCUT2D eigenvalue weighted by molar-refractivity contribution is 7.14. The molecule has 5 nitrogen and oxygen atoms in total. The van der Waals surface area contributed by atoms with E-state index in [1.54, 1.807) is 19.4 Å². The lowest BCUT2D eigenvalue weighted by Crippen LogP contribution is -2.29. The number of hydrogen-bond donors (Lipinski definition) is 2. The summed E-state index contributed by atoms with van der Waals surface area (Å²) in [6.07, 6.45) is -0.0131. The molecule has 0 bridgehead atoms. The standard InChI is InChI=1S/C15H17F2N3O2S/c1-9(21)3-4-20(2)14(22)13-8-23-15(19-13)18-12-6-10(16)5-11(17)7-12/h5-9,21H,3-4H2,1-2H3,(H,18,19). The SMILES string of the molecule is CC(O)CCN(C)C(=O)c1csc(Nc2cc(F)cc(F)c2)n1. The average molecular weight is 341 g/mol. The smallest absolute Gasteiger partial charge is 0.273 e. The number of carbonyl (C=O) groups is 1. The number of thiazole rings is 1. The minimum Gasteiger partial charge on any atom is -0.393 e. The number of nitrogens with zero attached hydrogens (tertiary/aromatic N) is 2. The molecule has 2 aromatic rings. The molecule has 1 heterocycles. The number of amides is 1. The normalized spacial score (nSPS) is 12.0. The van der Waals surface area contributed by atoms with Gasteiger partial charge in [-0.2, -0.15) is 0 Å². The van der Waals surface area contributed by atoms with E-state index in [4.69, 9.17) is 0 Å². The predicted molar refractivity (Wildman–Crippen MR) is 85.0 cm³/mol. The molecule has 23 heavy (non-hydrogen) atoms. The van der Waals surface area contributed by atoms with Crippen molar-refractivity contribution in [3.05, 3.63) is 40.9 Å². The van der Waals surface area contributed by atoms with Crippen molar-refractivity contribution >= 4 is 28.1 Å². The molecule has 0 saturated heterocycles. The second-order valence-corrected chi connectivity index (χ2v) is 6.04. The maximum atomic E-state index is 13.1. The van der Waals surface area contributed by atoms with Gasteiger partial charge in [0, 0.05) is 30.7 Å². The molecule has 0 saturated carbocycles. The van der Waals surface area contributed by atoms with Gasteiger partial charge in [0.25, 0.3) is 5.91 Å². The molecule has 1 aromatic carbocycles. The first-order chi connectivity index (χ1) is 10.8. The van der Waals surface area contributed by atoms with Crippen LogP contribution in [0.2, 0.25) is 0 Å². The molecule has 1 amide bonds. The van der Waals surface area contributed by atoms with E-state index in [1.165, 1.54) is 4.90 Å². The number of carbonyl (C=O) groups excluding carboxylic acids is 1. The van der Waals surface area contributed by atoms with Gasteiger partial charge in [0.2, 0.25) is 0 Å². The van der Waals surface area contributed by atoms with Crippen LogP contribution < -0.4 is 5.32 Å². The third kappa shape index (κ3) is 4.97. The number of aliphatic hydroxyl groups excluding tert-OH is 1. The van der Waals surface area contributed by atoms with Crippen LogP contribution in [0.5, 0.6) is 0 Å². The lowest BCUT2D eigenvalue weighted by molar-refractivity contribution is 0.0764. The monoisotopic (exact) mass is 341 g/mol. The first kappa shape index (κ1) is 17.3. The Morgan fingerprint density at radius 2 is 2.04 bits per heavy atom. The summed E-state index contributed by atoms with van der Waals surface area (Å²) in [5, 5.41) is 13.9. The van der Waals surface area contributed by atoms with E-state index in [9.17, 15) is 18.7 Å². The van der Waals surface area contributed by atoms with Gasteiger partial charge in [0.05, 0.1) is 6.10 Å². The van der Waals surface area contributed by atoms with Gasteiger partial charge < -0.3 is 15.3 Å². The van der Waals surface area contributed by atoms with Gasteiger partial charge >= 0.3 is 0 Å². The fourth-order valence-corrected chi connectivity index (χ4v) is 2.56. The summed E-state index contributed by atoms with van der Waals surface area (Å²) in [5.74, 6) is -1.67. The Morgan fingerprint density at radius 1 is 1.39 bits per heavy atom. The lowest BCUT2D eigenvalue weighted by Gasteiger charge is -2.16. The Balaban J connectivity index is 2.03. The number of anilines is 2. The summed E-state index contributed by atoms with van der Waals surface area (Å²) >= 11 is 1.16. The molecule has 0 radical (unpaired) electrons. The Labute approximate surface area is 136 Å². The molecule has 124 valence electrons. The van der Waals surface area contributed by atoms with Gasteiger partial charge in [-0.15, -0.1) is 11.3 Å². The molecule has 2 rings (SSSR count). The van der Waals surface area contributed by atoms with E-state index in [0.29, 0.717) is 18.1 Å². The zero-order valence-corrected chi connectivity index (χ0v) is 13.5. The molecule has 0 fully saturated rings. The van der Waals surface area contributed by atoms with Gasteiger partial charge in [-0.3, -0.25) is 4.79 Å².